The number of aromatic nitrogens is 5. The number of nitrogens with zero attached hydrogens (tertiary/aromatic N) is 8. The summed E-state index contributed by atoms with van der Waals surface area (Å²) in [6.45, 7) is 5.68. The van der Waals surface area contributed by atoms with Crippen LogP contribution in [0.25, 0.3) is 43.8 Å². The Morgan fingerprint density at radius 1 is 0.833 bits per heavy atom. The molecule has 0 spiro atoms. The van der Waals surface area contributed by atoms with E-state index in [9.17, 15) is 9.59 Å². The lowest BCUT2D eigenvalue weighted by Crippen LogP contribution is -2.27. The third-order valence-corrected chi connectivity index (χ3v) is 8.13. The number of unbranched alkanes of at least 4 members (excludes halogenated alkanes) is 3. The van der Waals surface area contributed by atoms with Gasteiger partial charge in [0.2, 0.25) is 5.91 Å². The van der Waals surface area contributed by atoms with Crippen molar-refractivity contribution in [1.29, 1.82) is 0 Å². The minimum atomic E-state index is -0.0500. The fraction of sp³-hybridized carbons (Fsp3) is 0.600. The molecule has 5 N–H and O–H groups in total. The average molecular weight is 754 g/mol. The minimum Gasteiger partial charge on any atom is -0.424 e. The number of rotatable bonds is 30. The maximum atomic E-state index is 12.4. The molecule has 0 aliphatic rings. The maximum Gasteiger partial charge on any atom is 0.292 e. The van der Waals surface area contributed by atoms with E-state index >= 15 is 0 Å². The number of oxazole rings is 1. The van der Waals surface area contributed by atoms with Crippen LogP contribution in [0.4, 0.5) is 11.8 Å². The minimum absolute atomic E-state index is 0.0500. The van der Waals surface area contributed by atoms with Gasteiger partial charge in [-0.15, -0.1) is 0 Å². The van der Waals surface area contributed by atoms with Crippen LogP contribution in [0, 0.1) is 0 Å². The number of Topliss-reactive ketones (excluding diaryl/α,β-unsaturated/α-hetero) is 1. The molecule has 0 fully saturated rings. The van der Waals surface area contributed by atoms with E-state index in [0.29, 0.717) is 151 Å². The Bertz CT molecular complexity index is 1780. The molecule has 4 rings (SSSR count). The van der Waals surface area contributed by atoms with Gasteiger partial charge < -0.3 is 44.9 Å². The predicted molar refractivity (Wildman–Crippen MR) is 200 cm³/mol. The monoisotopic (exact) mass is 753 g/mol. The van der Waals surface area contributed by atoms with E-state index in [1.54, 1.807) is 6.07 Å². The highest BCUT2D eigenvalue weighted by atomic mass is 16.6. The van der Waals surface area contributed by atoms with Gasteiger partial charge in [0.25, 0.3) is 6.01 Å². The number of nitrogens with two attached hydrogens (primary N) is 2. The van der Waals surface area contributed by atoms with Gasteiger partial charge in [0.15, 0.2) is 11.2 Å². The Labute approximate surface area is 313 Å². The van der Waals surface area contributed by atoms with Gasteiger partial charge in [0.1, 0.15) is 29.1 Å². The Kier molecular flexibility index (Phi) is 18.9. The molecule has 19 heteroatoms. The van der Waals surface area contributed by atoms with Crippen LogP contribution in [-0.4, -0.2) is 116 Å². The largest absolute Gasteiger partial charge is 0.424 e. The molecule has 0 aliphatic carbocycles. The van der Waals surface area contributed by atoms with Crippen molar-refractivity contribution in [2.45, 2.75) is 57.9 Å². The zero-order valence-electron chi connectivity index (χ0n) is 30.7. The van der Waals surface area contributed by atoms with Gasteiger partial charge in [0.05, 0.1) is 71.5 Å². The number of ketones is 1. The van der Waals surface area contributed by atoms with E-state index in [2.05, 4.69) is 30.3 Å². The Hall–Kier alpha value is -4.91. The lowest BCUT2D eigenvalue weighted by molar-refractivity contribution is -0.122. The van der Waals surface area contributed by atoms with Crippen LogP contribution in [0.1, 0.15) is 51.4 Å². The number of azide groups is 1. The van der Waals surface area contributed by atoms with Crippen molar-refractivity contribution in [1.82, 2.24) is 30.0 Å². The summed E-state index contributed by atoms with van der Waals surface area (Å²) < 4.78 is 34.2. The second kappa shape index (κ2) is 24.4. The first-order valence-electron chi connectivity index (χ1n) is 18.3. The van der Waals surface area contributed by atoms with Crippen molar-refractivity contribution in [3.8, 4) is 11.3 Å². The van der Waals surface area contributed by atoms with E-state index in [1.165, 1.54) is 6.33 Å². The zero-order chi connectivity index (χ0) is 38.2. The summed E-state index contributed by atoms with van der Waals surface area (Å²) in [5.41, 5.74) is 23.4. The molecule has 4 aromatic rings. The van der Waals surface area contributed by atoms with Crippen molar-refractivity contribution in [2.24, 2.45) is 5.11 Å². The van der Waals surface area contributed by atoms with E-state index in [-0.39, 0.29) is 17.7 Å². The van der Waals surface area contributed by atoms with Gasteiger partial charge in [-0.2, -0.15) is 10.1 Å². The molecule has 294 valence electrons. The molecule has 0 saturated carbocycles. The van der Waals surface area contributed by atoms with E-state index in [1.807, 2.05) is 16.8 Å². The highest BCUT2D eigenvalue weighted by molar-refractivity contribution is 5.99. The molecule has 1 amide bonds. The molecule has 3 aromatic heterocycles. The number of benzene rings is 1. The molecular formula is C35H51N11O8. The van der Waals surface area contributed by atoms with Crippen LogP contribution in [0.3, 0.4) is 0 Å². The van der Waals surface area contributed by atoms with Crippen LogP contribution >= 0.6 is 0 Å². The van der Waals surface area contributed by atoms with Gasteiger partial charge in [-0.25, -0.2) is 14.6 Å². The molecule has 0 saturated heterocycles. The first-order chi connectivity index (χ1) is 26.5. The van der Waals surface area contributed by atoms with Crippen LogP contribution < -0.4 is 16.8 Å². The number of amides is 1. The number of nitrogen functional groups attached to an aromatic ring is 2. The Balaban J connectivity index is 0.953. The van der Waals surface area contributed by atoms with Crippen molar-refractivity contribution in [2.75, 3.05) is 90.6 Å². The quantitative estimate of drug-likeness (QED) is 0.0294. The first-order valence-corrected chi connectivity index (χ1v) is 18.3. The van der Waals surface area contributed by atoms with Crippen LogP contribution in [0.5, 0.6) is 0 Å². The number of carbonyl (C=O) groups excluding carboxylic acids is 2. The summed E-state index contributed by atoms with van der Waals surface area (Å²) in [5, 5.41) is 11.7. The van der Waals surface area contributed by atoms with Crippen LogP contribution in [-0.2, 0) is 39.8 Å². The SMILES string of the molecule is [N-]=[N+]=NCCOCCOCCOCCOCCOCCNC(=O)CCCCC(=O)CCCCCn1nc(-c2ccc3oc(N)nc3c2)c2c(N)ncnc21. The number of hydrogen-bond donors (Lipinski definition) is 3. The summed E-state index contributed by atoms with van der Waals surface area (Å²) in [7, 11) is 0. The normalized spacial score (nSPS) is 11.3. The second-order valence-corrected chi connectivity index (χ2v) is 12.2. The molecule has 0 aliphatic heterocycles. The van der Waals surface area contributed by atoms with Crippen molar-refractivity contribution in [3.05, 3.63) is 35.0 Å². The molecular weight excluding hydrogens is 702 g/mol. The number of aryl methyl sites for hydroxylation is 1. The summed E-state index contributed by atoms with van der Waals surface area (Å²) in [4.78, 5) is 40.0. The predicted octanol–water partition coefficient (Wildman–Crippen LogP) is 4.00. The smallest absolute Gasteiger partial charge is 0.292 e. The van der Waals surface area contributed by atoms with E-state index < -0.39 is 0 Å². The van der Waals surface area contributed by atoms with Gasteiger partial charge in [-0.05, 0) is 49.4 Å². The first kappa shape index (κ1) is 41.8. The fourth-order valence-electron chi connectivity index (χ4n) is 5.46. The van der Waals surface area contributed by atoms with Crippen LogP contribution in [0.15, 0.2) is 34.1 Å². The summed E-state index contributed by atoms with van der Waals surface area (Å²) in [5.74, 6) is 0.502. The molecule has 0 unspecified atom stereocenters. The Morgan fingerprint density at radius 3 is 2.19 bits per heavy atom. The van der Waals surface area contributed by atoms with Gasteiger partial charge in [-0.1, -0.05) is 11.5 Å². The Morgan fingerprint density at radius 2 is 1.48 bits per heavy atom. The molecule has 0 radical (unpaired) electrons. The summed E-state index contributed by atoms with van der Waals surface area (Å²) in [6.07, 6.45) is 6.58. The van der Waals surface area contributed by atoms with Crippen molar-refractivity contribution in [3.63, 3.8) is 0 Å². The standard InChI is InChI=1S/C35H51N11O8/c36-33-31-32(26-9-10-29-28(24-26)43-35(37)54-29)44-46(34(31)41-25-40-33)13-5-1-2-6-27(47)7-3-4-8-30(48)39-11-14-49-16-18-51-20-22-53-23-21-52-19-17-50-15-12-42-45-38/h9-10,24-25H,1-8,11-23H2,(H2,37,43)(H,39,48)(H2,36,40,41). The fourth-order valence-corrected chi connectivity index (χ4v) is 5.46. The molecule has 19 nitrogen and oxygen atoms in total. The summed E-state index contributed by atoms with van der Waals surface area (Å²) >= 11 is 0. The summed E-state index contributed by atoms with van der Waals surface area (Å²) in [6, 6.07) is 5.61. The topological polar surface area (TPSA) is 263 Å². The molecule has 0 bridgehead atoms. The maximum absolute atomic E-state index is 12.4. The number of hydrogen-bond acceptors (Lipinski definition) is 15. The third kappa shape index (κ3) is 14.8. The number of carbonyl (C=O) groups is 2. The molecule has 1 aromatic carbocycles. The zero-order valence-corrected chi connectivity index (χ0v) is 30.7. The van der Waals surface area contributed by atoms with E-state index in [4.69, 9.17) is 50.2 Å². The van der Waals surface area contributed by atoms with Gasteiger partial charge >= 0.3 is 0 Å². The van der Waals surface area contributed by atoms with Crippen LogP contribution in [0.2, 0.25) is 0 Å². The number of ether oxygens (including phenoxy) is 5. The third-order valence-electron chi connectivity index (χ3n) is 8.13. The lowest BCUT2D eigenvalue weighted by Gasteiger charge is -2.08. The lowest BCUT2D eigenvalue weighted by atomic mass is 10.1. The average Bonchev–Trinajstić information content (AvgIpc) is 3.74. The molecule has 54 heavy (non-hydrogen) atoms. The van der Waals surface area contributed by atoms with Crippen molar-refractivity contribution >= 4 is 45.7 Å². The number of fused-ring (bicyclic) bond motifs is 2. The number of nitrogens with one attached hydrogen (secondary N) is 1. The number of anilines is 2. The highest BCUT2D eigenvalue weighted by Crippen LogP contribution is 2.32. The second-order valence-electron chi connectivity index (χ2n) is 12.2. The molecule has 0 atom stereocenters. The van der Waals surface area contributed by atoms with Crippen molar-refractivity contribution < 1.29 is 37.7 Å². The van der Waals surface area contributed by atoms with Gasteiger partial charge in [-0.3, -0.25) is 9.59 Å². The van der Waals surface area contributed by atoms with Gasteiger partial charge in [0, 0.05) is 49.4 Å². The molecule has 3 heterocycles. The van der Waals surface area contributed by atoms with E-state index in [0.717, 1.165) is 24.8 Å². The highest BCUT2D eigenvalue weighted by Gasteiger charge is 2.18.